The number of carbonyl (C=O) groups is 2. The molecule has 0 bridgehead atoms. The smallest absolute Gasteiger partial charge is 0.332 e. The van der Waals surface area contributed by atoms with Crippen LogP contribution in [0.1, 0.15) is 12.8 Å². The fraction of sp³-hybridized carbons (Fsp3) is 0.462. The van der Waals surface area contributed by atoms with Gasteiger partial charge in [0, 0.05) is 19.3 Å². The number of carbonyl (C=O) groups excluding carboxylic acids is 2. The zero-order chi connectivity index (χ0) is 13.4. The number of imide groups is 1. The first-order chi connectivity index (χ1) is 9.24. The summed E-state index contributed by atoms with van der Waals surface area (Å²) in [6.45, 7) is 0.234. The Morgan fingerprint density at radius 1 is 1.42 bits per heavy atom. The van der Waals surface area contributed by atoms with E-state index in [-0.39, 0.29) is 24.6 Å². The van der Waals surface area contributed by atoms with Crippen LogP contribution in [0.15, 0.2) is 24.5 Å². The Morgan fingerprint density at radius 3 is 2.79 bits per heavy atom. The van der Waals surface area contributed by atoms with Crippen LogP contribution in [-0.2, 0) is 9.53 Å². The van der Waals surface area contributed by atoms with Crippen molar-refractivity contribution in [3.63, 3.8) is 0 Å². The van der Waals surface area contributed by atoms with E-state index in [4.69, 9.17) is 4.74 Å². The first kappa shape index (κ1) is 12.1. The van der Waals surface area contributed by atoms with E-state index in [1.807, 2.05) is 0 Å². The van der Waals surface area contributed by atoms with E-state index >= 15 is 0 Å². The maximum absolute atomic E-state index is 12.4. The van der Waals surface area contributed by atoms with Crippen LogP contribution in [-0.4, -0.2) is 47.6 Å². The number of methoxy groups -OCH3 is 1. The summed E-state index contributed by atoms with van der Waals surface area (Å²) in [7, 11) is 1.54. The van der Waals surface area contributed by atoms with E-state index < -0.39 is 6.04 Å². The van der Waals surface area contributed by atoms with Crippen LogP contribution in [0, 0.1) is 0 Å². The first-order valence-corrected chi connectivity index (χ1v) is 6.29. The van der Waals surface area contributed by atoms with Gasteiger partial charge in [0.1, 0.15) is 6.04 Å². The third kappa shape index (κ3) is 1.98. The van der Waals surface area contributed by atoms with Crippen LogP contribution in [0.5, 0.6) is 0 Å². The highest BCUT2D eigenvalue weighted by molar-refractivity contribution is 6.21. The largest absolute Gasteiger partial charge is 0.382 e. The molecular weight excluding hydrogens is 246 g/mol. The highest BCUT2D eigenvalue weighted by atomic mass is 16.5. The summed E-state index contributed by atoms with van der Waals surface area (Å²) in [6, 6.07) is 2.83. The Labute approximate surface area is 111 Å². The molecule has 2 fully saturated rings. The molecule has 2 heterocycles. The molecule has 0 N–H and O–H groups in total. The zero-order valence-electron chi connectivity index (χ0n) is 10.7. The lowest BCUT2D eigenvalue weighted by molar-refractivity contribution is -0.121. The molecule has 0 aromatic carbocycles. The molecule has 1 aliphatic heterocycles. The molecule has 1 saturated heterocycles. The Hall–Kier alpha value is -1.95. The van der Waals surface area contributed by atoms with Crippen molar-refractivity contribution >= 4 is 17.6 Å². The predicted molar refractivity (Wildman–Crippen MR) is 67.6 cm³/mol. The van der Waals surface area contributed by atoms with Crippen LogP contribution in [0.4, 0.5) is 10.5 Å². The van der Waals surface area contributed by atoms with Gasteiger partial charge in [0.05, 0.1) is 18.5 Å². The van der Waals surface area contributed by atoms with E-state index in [9.17, 15) is 9.59 Å². The van der Waals surface area contributed by atoms with E-state index in [0.717, 1.165) is 12.8 Å². The van der Waals surface area contributed by atoms with Crippen LogP contribution >= 0.6 is 0 Å². The van der Waals surface area contributed by atoms with Gasteiger partial charge in [0.25, 0.3) is 5.91 Å². The van der Waals surface area contributed by atoms with Crippen LogP contribution in [0.3, 0.4) is 0 Å². The molecule has 6 heteroatoms. The van der Waals surface area contributed by atoms with Crippen molar-refractivity contribution in [1.82, 2.24) is 9.88 Å². The van der Waals surface area contributed by atoms with Gasteiger partial charge in [-0.2, -0.15) is 0 Å². The van der Waals surface area contributed by atoms with Crippen molar-refractivity contribution in [2.24, 2.45) is 0 Å². The maximum atomic E-state index is 12.4. The lowest BCUT2D eigenvalue weighted by Crippen LogP contribution is -2.39. The fourth-order valence-electron chi connectivity index (χ4n) is 2.41. The number of anilines is 1. The van der Waals surface area contributed by atoms with Crippen molar-refractivity contribution < 1.29 is 14.3 Å². The van der Waals surface area contributed by atoms with Crippen LogP contribution in [0.2, 0.25) is 0 Å². The van der Waals surface area contributed by atoms with Gasteiger partial charge >= 0.3 is 6.03 Å². The molecule has 0 radical (unpaired) electrons. The Morgan fingerprint density at radius 2 is 2.21 bits per heavy atom. The first-order valence-electron chi connectivity index (χ1n) is 6.29. The number of ether oxygens (including phenoxy) is 1. The molecule has 1 aromatic rings. The number of urea groups is 1. The Kier molecular flexibility index (Phi) is 2.94. The van der Waals surface area contributed by atoms with Crippen molar-refractivity contribution in [2.45, 2.75) is 24.9 Å². The highest BCUT2D eigenvalue weighted by Crippen LogP contribution is 2.35. The van der Waals surface area contributed by atoms with Gasteiger partial charge in [-0.05, 0) is 25.0 Å². The number of hydrogen-bond donors (Lipinski definition) is 0. The quantitative estimate of drug-likeness (QED) is 0.759. The lowest BCUT2D eigenvalue weighted by Gasteiger charge is -2.20. The van der Waals surface area contributed by atoms with Gasteiger partial charge in [-0.3, -0.25) is 9.78 Å². The molecule has 19 heavy (non-hydrogen) atoms. The summed E-state index contributed by atoms with van der Waals surface area (Å²) < 4.78 is 5.08. The Balaban J connectivity index is 1.93. The molecule has 0 spiro atoms. The summed E-state index contributed by atoms with van der Waals surface area (Å²) in [5.74, 6) is -0.230. The molecule has 2 aliphatic rings. The van der Waals surface area contributed by atoms with E-state index in [2.05, 4.69) is 4.98 Å². The minimum Gasteiger partial charge on any atom is -0.382 e. The molecule has 1 aliphatic carbocycles. The number of pyridine rings is 1. The second-order valence-corrected chi connectivity index (χ2v) is 4.78. The van der Waals surface area contributed by atoms with Gasteiger partial charge in [0.2, 0.25) is 0 Å². The second-order valence-electron chi connectivity index (χ2n) is 4.78. The minimum atomic E-state index is -0.509. The maximum Gasteiger partial charge on any atom is 0.332 e. The lowest BCUT2D eigenvalue weighted by atomic mass is 10.2. The summed E-state index contributed by atoms with van der Waals surface area (Å²) >= 11 is 0. The summed E-state index contributed by atoms with van der Waals surface area (Å²) in [6.07, 6.45) is 5.05. The average molecular weight is 261 g/mol. The van der Waals surface area contributed by atoms with Crippen molar-refractivity contribution in [2.75, 3.05) is 18.6 Å². The molecular formula is C13H15N3O3. The number of aromatic nitrogens is 1. The Bertz CT molecular complexity index is 501. The standard InChI is InChI=1S/C13H15N3O3/c1-19-8-11-12(17)16(10-3-2-6-14-7-10)13(18)15(11)9-4-5-9/h2-3,6-7,9,11H,4-5,8H2,1H3/t11-/m0/s1. The minimum absolute atomic E-state index is 0.179. The highest BCUT2D eigenvalue weighted by Gasteiger charge is 2.51. The number of rotatable bonds is 4. The molecule has 6 nitrogen and oxygen atoms in total. The molecule has 1 saturated carbocycles. The number of hydrogen-bond acceptors (Lipinski definition) is 4. The molecule has 0 unspecified atom stereocenters. The monoisotopic (exact) mass is 261 g/mol. The number of amides is 3. The zero-order valence-corrected chi connectivity index (χ0v) is 10.7. The van der Waals surface area contributed by atoms with Gasteiger partial charge in [-0.25, -0.2) is 9.69 Å². The molecule has 1 atom stereocenters. The predicted octanol–water partition coefficient (Wildman–Crippen LogP) is 1.03. The van der Waals surface area contributed by atoms with Crippen molar-refractivity contribution in [1.29, 1.82) is 0 Å². The summed E-state index contributed by atoms with van der Waals surface area (Å²) in [5, 5.41) is 0. The third-order valence-electron chi connectivity index (χ3n) is 3.42. The van der Waals surface area contributed by atoms with E-state index in [0.29, 0.717) is 5.69 Å². The van der Waals surface area contributed by atoms with Gasteiger partial charge in [-0.15, -0.1) is 0 Å². The third-order valence-corrected chi connectivity index (χ3v) is 3.42. The molecule has 3 rings (SSSR count). The number of nitrogens with zero attached hydrogens (tertiary/aromatic N) is 3. The van der Waals surface area contributed by atoms with Gasteiger partial charge in [0.15, 0.2) is 0 Å². The van der Waals surface area contributed by atoms with Gasteiger partial charge in [-0.1, -0.05) is 0 Å². The summed E-state index contributed by atoms with van der Waals surface area (Å²) in [4.78, 5) is 31.6. The molecule has 100 valence electrons. The van der Waals surface area contributed by atoms with Crippen LogP contribution in [0.25, 0.3) is 0 Å². The van der Waals surface area contributed by atoms with Crippen molar-refractivity contribution in [3.05, 3.63) is 24.5 Å². The van der Waals surface area contributed by atoms with Gasteiger partial charge < -0.3 is 9.64 Å². The van der Waals surface area contributed by atoms with E-state index in [1.165, 1.54) is 18.2 Å². The molecule has 1 aromatic heterocycles. The fourth-order valence-corrected chi connectivity index (χ4v) is 2.41. The normalized spacial score (nSPS) is 23.3. The average Bonchev–Trinajstić information content (AvgIpc) is 3.21. The second kappa shape index (κ2) is 4.62. The van der Waals surface area contributed by atoms with Crippen molar-refractivity contribution in [3.8, 4) is 0 Å². The van der Waals surface area contributed by atoms with E-state index in [1.54, 1.807) is 23.2 Å². The topological polar surface area (TPSA) is 62.7 Å². The SMILES string of the molecule is COC[C@H]1C(=O)N(c2cccnc2)C(=O)N1C1CC1. The molecule has 3 amide bonds. The summed E-state index contributed by atoms with van der Waals surface area (Å²) in [5.41, 5.74) is 0.516. The van der Waals surface area contributed by atoms with Crippen LogP contribution < -0.4 is 4.90 Å².